The molecule has 0 aliphatic carbocycles. The second kappa shape index (κ2) is 6.24. The van der Waals surface area contributed by atoms with E-state index in [2.05, 4.69) is 22.3 Å². The van der Waals surface area contributed by atoms with Gasteiger partial charge in [0, 0.05) is 25.2 Å². The molecule has 0 radical (unpaired) electrons. The van der Waals surface area contributed by atoms with Gasteiger partial charge in [-0.1, -0.05) is 12.1 Å². The average Bonchev–Trinajstić information content (AvgIpc) is 3.20. The lowest BCUT2D eigenvalue weighted by Crippen LogP contribution is -2.37. The maximum Gasteiger partial charge on any atom is 0.202 e. The van der Waals surface area contributed by atoms with Crippen LogP contribution in [0.25, 0.3) is 11.5 Å². The molecular formula is C15H21N3O2. The van der Waals surface area contributed by atoms with E-state index in [0.717, 1.165) is 44.1 Å². The highest BCUT2D eigenvalue weighted by Crippen LogP contribution is 2.22. The van der Waals surface area contributed by atoms with Crippen molar-refractivity contribution in [2.75, 3.05) is 19.6 Å². The Morgan fingerprint density at radius 1 is 1.45 bits per heavy atom. The van der Waals surface area contributed by atoms with Crippen LogP contribution in [0.3, 0.4) is 0 Å². The van der Waals surface area contributed by atoms with Crippen molar-refractivity contribution >= 4 is 0 Å². The van der Waals surface area contributed by atoms with Crippen molar-refractivity contribution in [3.63, 3.8) is 0 Å². The van der Waals surface area contributed by atoms with Crippen molar-refractivity contribution in [3.8, 4) is 11.5 Å². The van der Waals surface area contributed by atoms with Gasteiger partial charge in [-0.25, -0.2) is 0 Å². The second-order valence-corrected chi connectivity index (χ2v) is 5.28. The Hall–Kier alpha value is -1.59. The number of hydrogen-bond acceptors (Lipinski definition) is 5. The monoisotopic (exact) mass is 275 g/mol. The SMILES string of the molecule is CCCN(Cc1cc(-c2ccco2)on1)C1CCNC1. The van der Waals surface area contributed by atoms with Gasteiger partial charge < -0.3 is 14.3 Å². The summed E-state index contributed by atoms with van der Waals surface area (Å²) in [6, 6.07) is 6.32. The Labute approximate surface area is 118 Å². The van der Waals surface area contributed by atoms with Crippen LogP contribution >= 0.6 is 0 Å². The van der Waals surface area contributed by atoms with Crippen LogP contribution in [0.5, 0.6) is 0 Å². The lowest BCUT2D eigenvalue weighted by Gasteiger charge is -2.26. The van der Waals surface area contributed by atoms with Crippen LogP contribution in [0, 0.1) is 0 Å². The first kappa shape index (κ1) is 13.4. The van der Waals surface area contributed by atoms with Gasteiger partial charge >= 0.3 is 0 Å². The fraction of sp³-hybridized carbons (Fsp3) is 0.533. The standard InChI is InChI=1S/C15H21N3O2/c1-2-7-18(13-5-6-16-10-13)11-12-9-15(20-17-12)14-4-3-8-19-14/h3-4,8-9,13,16H,2,5-7,10-11H2,1H3. The van der Waals surface area contributed by atoms with E-state index >= 15 is 0 Å². The van der Waals surface area contributed by atoms with Crippen molar-refractivity contribution in [2.45, 2.75) is 32.4 Å². The number of furan rings is 1. The summed E-state index contributed by atoms with van der Waals surface area (Å²) >= 11 is 0. The molecule has 1 unspecified atom stereocenters. The molecular weight excluding hydrogens is 254 g/mol. The first-order valence-corrected chi connectivity index (χ1v) is 7.31. The first-order chi connectivity index (χ1) is 9.86. The minimum atomic E-state index is 0.610. The van der Waals surface area contributed by atoms with Crippen LogP contribution in [-0.4, -0.2) is 35.7 Å². The summed E-state index contributed by atoms with van der Waals surface area (Å²) in [5.41, 5.74) is 0.969. The third-order valence-corrected chi connectivity index (χ3v) is 3.75. The van der Waals surface area contributed by atoms with E-state index < -0.39 is 0 Å². The van der Waals surface area contributed by atoms with Gasteiger partial charge in [-0.15, -0.1) is 0 Å². The molecule has 20 heavy (non-hydrogen) atoms. The predicted octanol–water partition coefficient (Wildman–Crippen LogP) is 2.51. The van der Waals surface area contributed by atoms with Gasteiger partial charge in [0.1, 0.15) is 0 Å². The van der Waals surface area contributed by atoms with Crippen LogP contribution in [0.4, 0.5) is 0 Å². The summed E-state index contributed by atoms with van der Waals surface area (Å²) < 4.78 is 10.7. The zero-order valence-electron chi connectivity index (χ0n) is 11.8. The number of hydrogen-bond donors (Lipinski definition) is 1. The van der Waals surface area contributed by atoms with E-state index in [9.17, 15) is 0 Å². The van der Waals surface area contributed by atoms with Gasteiger partial charge in [0.15, 0.2) is 5.76 Å². The van der Waals surface area contributed by atoms with Crippen molar-refractivity contribution in [3.05, 3.63) is 30.2 Å². The molecule has 3 heterocycles. The fourth-order valence-corrected chi connectivity index (χ4v) is 2.76. The Bertz CT molecular complexity index is 515. The van der Waals surface area contributed by atoms with Gasteiger partial charge in [-0.3, -0.25) is 4.90 Å². The topological polar surface area (TPSA) is 54.4 Å². The van der Waals surface area contributed by atoms with Crippen molar-refractivity contribution < 1.29 is 8.94 Å². The van der Waals surface area contributed by atoms with Crippen LogP contribution in [0.1, 0.15) is 25.5 Å². The second-order valence-electron chi connectivity index (χ2n) is 5.28. The van der Waals surface area contributed by atoms with Crippen LogP contribution in [0.15, 0.2) is 33.4 Å². The fourth-order valence-electron chi connectivity index (χ4n) is 2.76. The molecule has 1 saturated heterocycles. The quantitative estimate of drug-likeness (QED) is 0.878. The van der Waals surface area contributed by atoms with Crippen LogP contribution in [-0.2, 0) is 6.54 Å². The van der Waals surface area contributed by atoms with Crippen LogP contribution < -0.4 is 5.32 Å². The van der Waals surface area contributed by atoms with Gasteiger partial charge in [0.05, 0.1) is 12.0 Å². The molecule has 2 aromatic rings. The number of rotatable bonds is 6. The smallest absolute Gasteiger partial charge is 0.202 e. The zero-order valence-corrected chi connectivity index (χ0v) is 11.8. The highest BCUT2D eigenvalue weighted by Gasteiger charge is 2.23. The third-order valence-electron chi connectivity index (χ3n) is 3.75. The Balaban J connectivity index is 1.68. The van der Waals surface area contributed by atoms with Gasteiger partial charge in [0.2, 0.25) is 5.76 Å². The van der Waals surface area contributed by atoms with E-state index in [1.165, 1.54) is 6.42 Å². The molecule has 5 nitrogen and oxygen atoms in total. The normalized spacial score (nSPS) is 19.0. The number of nitrogens with zero attached hydrogens (tertiary/aromatic N) is 2. The minimum absolute atomic E-state index is 0.610. The lowest BCUT2D eigenvalue weighted by molar-refractivity contribution is 0.194. The van der Waals surface area contributed by atoms with E-state index in [1.54, 1.807) is 6.26 Å². The van der Waals surface area contributed by atoms with Crippen molar-refractivity contribution in [1.82, 2.24) is 15.4 Å². The molecule has 0 bridgehead atoms. The average molecular weight is 275 g/mol. The molecule has 1 N–H and O–H groups in total. The molecule has 108 valence electrons. The molecule has 1 atom stereocenters. The molecule has 1 fully saturated rings. The maximum atomic E-state index is 5.36. The molecule has 1 aliphatic rings. The molecule has 0 spiro atoms. The highest BCUT2D eigenvalue weighted by atomic mass is 16.5. The Morgan fingerprint density at radius 3 is 3.10 bits per heavy atom. The highest BCUT2D eigenvalue weighted by molar-refractivity contribution is 5.49. The summed E-state index contributed by atoms with van der Waals surface area (Å²) in [7, 11) is 0. The summed E-state index contributed by atoms with van der Waals surface area (Å²) in [4.78, 5) is 2.49. The van der Waals surface area contributed by atoms with E-state index in [-0.39, 0.29) is 0 Å². The molecule has 1 aliphatic heterocycles. The third kappa shape index (κ3) is 2.94. The van der Waals surface area contributed by atoms with Crippen molar-refractivity contribution in [1.29, 1.82) is 0 Å². The van der Waals surface area contributed by atoms with Gasteiger partial charge in [0.25, 0.3) is 0 Å². The first-order valence-electron chi connectivity index (χ1n) is 7.31. The number of nitrogens with one attached hydrogen (secondary N) is 1. The summed E-state index contributed by atoms with van der Waals surface area (Å²) in [5, 5.41) is 7.59. The Kier molecular flexibility index (Phi) is 4.18. The van der Waals surface area contributed by atoms with E-state index in [0.29, 0.717) is 11.8 Å². The van der Waals surface area contributed by atoms with Crippen molar-refractivity contribution in [2.24, 2.45) is 0 Å². The molecule has 0 saturated carbocycles. The molecule has 2 aromatic heterocycles. The maximum absolute atomic E-state index is 5.36. The molecule has 0 aromatic carbocycles. The molecule has 0 amide bonds. The largest absolute Gasteiger partial charge is 0.461 e. The molecule has 3 rings (SSSR count). The van der Waals surface area contributed by atoms with Crippen LogP contribution in [0.2, 0.25) is 0 Å². The van der Waals surface area contributed by atoms with Gasteiger partial charge in [-0.2, -0.15) is 0 Å². The minimum Gasteiger partial charge on any atom is -0.461 e. The zero-order chi connectivity index (χ0) is 13.8. The predicted molar refractivity (Wildman–Crippen MR) is 76.2 cm³/mol. The molecule has 5 heteroatoms. The van der Waals surface area contributed by atoms with E-state index in [4.69, 9.17) is 8.94 Å². The number of aromatic nitrogens is 1. The Morgan fingerprint density at radius 2 is 2.40 bits per heavy atom. The summed E-state index contributed by atoms with van der Waals surface area (Å²) in [5.74, 6) is 1.43. The lowest BCUT2D eigenvalue weighted by atomic mass is 10.2. The summed E-state index contributed by atoms with van der Waals surface area (Å²) in [6.45, 7) is 6.33. The van der Waals surface area contributed by atoms with Gasteiger partial charge in [-0.05, 0) is 38.1 Å². The summed E-state index contributed by atoms with van der Waals surface area (Å²) in [6.07, 6.45) is 4.01. The van der Waals surface area contributed by atoms with E-state index in [1.807, 2.05) is 18.2 Å².